The van der Waals surface area contributed by atoms with E-state index in [1.54, 1.807) is 33.2 Å². The molecule has 0 saturated heterocycles. The molecule has 0 amide bonds. The van der Waals surface area contributed by atoms with Gasteiger partial charge in [0.25, 0.3) is 0 Å². The summed E-state index contributed by atoms with van der Waals surface area (Å²) in [6.07, 6.45) is 1.76. The Hall–Kier alpha value is -3.33. The zero-order chi connectivity index (χ0) is 27.8. The Balaban J connectivity index is 1.74. The predicted molar refractivity (Wildman–Crippen MR) is 151 cm³/mol. The normalized spacial score (nSPS) is 14.8. The first kappa shape index (κ1) is 27.7. The molecule has 0 spiro atoms. The van der Waals surface area contributed by atoms with Crippen LogP contribution in [0, 0.1) is 19.3 Å². The van der Waals surface area contributed by atoms with Crippen molar-refractivity contribution in [2.45, 2.75) is 46.7 Å². The number of hydrogen-bond acceptors (Lipinski definition) is 7. The predicted octanol–water partition coefficient (Wildman–Crippen LogP) is 4.88. The summed E-state index contributed by atoms with van der Waals surface area (Å²) in [5, 5.41) is 12.2. The van der Waals surface area contributed by atoms with Crippen LogP contribution in [0.25, 0.3) is 0 Å². The number of halogens is 1. The van der Waals surface area contributed by atoms with E-state index in [1.807, 2.05) is 25.1 Å². The molecule has 38 heavy (non-hydrogen) atoms. The summed E-state index contributed by atoms with van der Waals surface area (Å²) in [5.74, 6) is 5.42. The molecule has 9 heteroatoms. The van der Waals surface area contributed by atoms with E-state index in [1.165, 1.54) is 5.01 Å². The van der Waals surface area contributed by atoms with E-state index in [-0.39, 0.29) is 0 Å². The molecule has 1 aliphatic rings. The van der Waals surface area contributed by atoms with Crippen molar-refractivity contribution in [2.75, 3.05) is 30.9 Å². The van der Waals surface area contributed by atoms with Crippen molar-refractivity contribution in [3.63, 3.8) is 0 Å². The highest BCUT2D eigenvalue weighted by atomic mass is 35.5. The summed E-state index contributed by atoms with van der Waals surface area (Å²) < 4.78 is 5.91. The number of rotatable bonds is 7. The van der Waals surface area contributed by atoms with Crippen molar-refractivity contribution >= 4 is 28.9 Å². The Bertz CT molecular complexity index is 1360. The minimum absolute atomic E-state index is 0.412. The third kappa shape index (κ3) is 5.43. The molecule has 0 aliphatic carbocycles. The van der Waals surface area contributed by atoms with Crippen molar-refractivity contribution in [1.29, 1.82) is 0 Å². The summed E-state index contributed by atoms with van der Waals surface area (Å²) in [4.78, 5) is 19.1. The molecular formula is C29H36ClN5O3. The van der Waals surface area contributed by atoms with Crippen LogP contribution in [0.15, 0.2) is 42.6 Å². The highest BCUT2D eigenvalue weighted by Crippen LogP contribution is 2.45. The van der Waals surface area contributed by atoms with Crippen LogP contribution in [-0.4, -0.2) is 41.2 Å². The Kier molecular flexibility index (Phi) is 7.88. The number of carboxylic acid groups (broad SMARTS) is 1. The number of ether oxygens (including phenoxy) is 1. The Labute approximate surface area is 229 Å². The topological polar surface area (TPSA) is 118 Å². The monoisotopic (exact) mass is 537 g/mol. The van der Waals surface area contributed by atoms with Gasteiger partial charge >= 0.3 is 5.97 Å². The van der Waals surface area contributed by atoms with E-state index < -0.39 is 17.3 Å². The third-order valence-electron chi connectivity index (χ3n) is 7.57. The second-order valence-electron chi connectivity index (χ2n) is 10.6. The molecule has 0 bridgehead atoms. The smallest absolute Gasteiger partial charge is 0.310 e. The second kappa shape index (κ2) is 10.8. The van der Waals surface area contributed by atoms with Crippen LogP contribution in [-0.2, 0) is 17.9 Å². The van der Waals surface area contributed by atoms with Gasteiger partial charge in [-0.3, -0.25) is 9.69 Å². The Morgan fingerprint density at radius 2 is 2.00 bits per heavy atom. The fourth-order valence-electron chi connectivity index (χ4n) is 5.18. The largest absolute Gasteiger partial charge is 0.492 e. The number of aliphatic carboxylic acids is 1. The first-order valence-corrected chi connectivity index (χ1v) is 13.0. The summed E-state index contributed by atoms with van der Waals surface area (Å²) >= 11 is 6.06. The Morgan fingerprint density at radius 3 is 2.68 bits per heavy atom. The summed E-state index contributed by atoms with van der Waals surface area (Å²) in [6.45, 7) is 10.2. The molecule has 2 aromatic carbocycles. The molecule has 4 rings (SSSR count). The first-order chi connectivity index (χ1) is 17.9. The number of pyridine rings is 1. The van der Waals surface area contributed by atoms with Crippen molar-refractivity contribution in [3.8, 4) is 5.75 Å². The molecule has 8 nitrogen and oxygen atoms in total. The summed E-state index contributed by atoms with van der Waals surface area (Å²) in [7, 11) is 1.73. The molecular weight excluding hydrogens is 502 g/mol. The van der Waals surface area contributed by atoms with Crippen LogP contribution in [0.4, 0.5) is 11.4 Å². The molecule has 1 atom stereocenters. The average molecular weight is 538 g/mol. The van der Waals surface area contributed by atoms with Gasteiger partial charge in [-0.2, -0.15) is 0 Å². The van der Waals surface area contributed by atoms with Gasteiger partial charge in [0.1, 0.15) is 17.5 Å². The van der Waals surface area contributed by atoms with Crippen LogP contribution in [0.1, 0.15) is 53.1 Å². The number of nitrogens with zero attached hydrogens (tertiary/aromatic N) is 3. The summed E-state index contributed by atoms with van der Waals surface area (Å²) in [5.41, 5.74) is 12.5. The highest BCUT2D eigenvalue weighted by molar-refractivity contribution is 6.29. The lowest BCUT2D eigenvalue weighted by atomic mass is 9.69. The quantitative estimate of drug-likeness (QED) is 0.169. The first-order valence-electron chi connectivity index (χ1n) is 12.6. The summed E-state index contributed by atoms with van der Waals surface area (Å²) in [6, 6.07) is 11.8. The van der Waals surface area contributed by atoms with E-state index in [0.29, 0.717) is 36.2 Å². The van der Waals surface area contributed by atoms with Gasteiger partial charge in [-0.05, 0) is 61.6 Å². The van der Waals surface area contributed by atoms with Gasteiger partial charge in [0.05, 0.1) is 16.8 Å². The van der Waals surface area contributed by atoms with Crippen molar-refractivity contribution in [2.24, 2.45) is 11.3 Å². The number of anilines is 2. The number of carboxylic acids is 1. The van der Waals surface area contributed by atoms with Gasteiger partial charge in [-0.1, -0.05) is 35.9 Å². The standard InChI is InChI=1S/C29H36ClN5O3/c1-17-6-7-19(12-20(17)15-35-10-11-38-24-13-25(30)33-14-21(24)16-35)26(29(3,4)28(36)37)22-8-9-23(34(5)32)27(31)18(22)2/h6-9,12-14,26H,10-11,15-16,31-32H2,1-5H3,(H,36,37). The molecule has 0 radical (unpaired) electrons. The second-order valence-corrected chi connectivity index (χ2v) is 11.0. The molecule has 0 saturated carbocycles. The van der Waals surface area contributed by atoms with Crippen LogP contribution >= 0.6 is 11.6 Å². The van der Waals surface area contributed by atoms with Gasteiger partial charge in [0.15, 0.2) is 0 Å². The number of fused-ring (bicyclic) bond motifs is 1. The van der Waals surface area contributed by atoms with Crippen molar-refractivity contribution in [3.05, 3.63) is 81.1 Å². The number of hydrogen-bond donors (Lipinski definition) is 3. The molecule has 1 aliphatic heterocycles. The van der Waals surface area contributed by atoms with Crippen LogP contribution in [0.5, 0.6) is 5.75 Å². The lowest BCUT2D eigenvalue weighted by Gasteiger charge is -2.34. The minimum atomic E-state index is -1.10. The van der Waals surface area contributed by atoms with Gasteiger partial charge in [0, 0.05) is 50.4 Å². The van der Waals surface area contributed by atoms with Gasteiger partial charge < -0.3 is 20.6 Å². The molecule has 2 heterocycles. The molecule has 202 valence electrons. The van der Waals surface area contributed by atoms with E-state index >= 15 is 0 Å². The maximum Gasteiger partial charge on any atom is 0.310 e. The maximum atomic E-state index is 12.5. The molecule has 3 aromatic rings. The SMILES string of the molecule is Cc1ccc(C(c2ccc(N(C)N)c(N)c2C)C(C)(C)C(=O)O)cc1CN1CCOc2cc(Cl)ncc2C1. The number of aryl methyl sites for hydroxylation is 1. The Morgan fingerprint density at radius 1 is 1.26 bits per heavy atom. The van der Waals surface area contributed by atoms with Gasteiger partial charge in [-0.15, -0.1) is 0 Å². The minimum Gasteiger partial charge on any atom is -0.492 e. The molecule has 5 N–H and O–H groups in total. The average Bonchev–Trinajstić information content (AvgIpc) is 3.04. The number of nitrogens with two attached hydrogens (primary N) is 2. The molecule has 1 aromatic heterocycles. The number of aromatic nitrogens is 1. The third-order valence-corrected chi connectivity index (χ3v) is 7.77. The lowest BCUT2D eigenvalue weighted by Crippen LogP contribution is -2.33. The van der Waals surface area contributed by atoms with Gasteiger partial charge in [0.2, 0.25) is 0 Å². The van der Waals surface area contributed by atoms with Gasteiger partial charge in [-0.25, -0.2) is 10.8 Å². The van der Waals surface area contributed by atoms with Crippen molar-refractivity contribution in [1.82, 2.24) is 9.88 Å². The van der Waals surface area contributed by atoms with Crippen LogP contribution < -0.4 is 21.3 Å². The zero-order valence-corrected chi connectivity index (χ0v) is 23.3. The number of carbonyl (C=O) groups is 1. The highest BCUT2D eigenvalue weighted by Gasteiger charge is 2.40. The molecule has 0 fully saturated rings. The maximum absolute atomic E-state index is 12.5. The molecule has 1 unspecified atom stereocenters. The van der Waals surface area contributed by atoms with Crippen LogP contribution in [0.2, 0.25) is 5.15 Å². The van der Waals surface area contributed by atoms with Crippen LogP contribution in [0.3, 0.4) is 0 Å². The fraction of sp³-hybridized carbons (Fsp3) is 0.379. The van der Waals surface area contributed by atoms with E-state index in [4.69, 9.17) is 27.9 Å². The number of nitrogen functional groups attached to an aromatic ring is 1. The van der Waals surface area contributed by atoms with E-state index in [9.17, 15) is 9.90 Å². The number of hydrazine groups is 1. The lowest BCUT2D eigenvalue weighted by molar-refractivity contribution is -0.147. The van der Waals surface area contributed by atoms with E-state index in [2.05, 4.69) is 28.9 Å². The van der Waals surface area contributed by atoms with E-state index in [0.717, 1.165) is 45.7 Å². The fourth-order valence-corrected chi connectivity index (χ4v) is 5.32. The zero-order valence-electron chi connectivity index (χ0n) is 22.6. The number of benzene rings is 2. The van der Waals surface area contributed by atoms with Crippen molar-refractivity contribution < 1.29 is 14.6 Å².